The molecule has 1 heterocycles. The van der Waals surface area contributed by atoms with Crippen molar-refractivity contribution in [2.45, 2.75) is 57.8 Å². The first-order chi connectivity index (χ1) is 12.7. The molecule has 0 bridgehead atoms. The molecule has 0 radical (unpaired) electrons. The molecule has 2 rings (SSSR count). The number of rotatable bonds is 7. The molecule has 1 fully saturated rings. The average Bonchev–Trinajstić information content (AvgIpc) is 3.01. The van der Waals surface area contributed by atoms with E-state index < -0.39 is 6.04 Å². The summed E-state index contributed by atoms with van der Waals surface area (Å²) in [5.41, 5.74) is 9.10. The van der Waals surface area contributed by atoms with E-state index in [-0.39, 0.29) is 29.9 Å². The number of amides is 1. The highest BCUT2D eigenvalue weighted by Gasteiger charge is 2.40. The molecule has 2 atom stereocenters. The number of halogens is 1. The fourth-order valence-corrected chi connectivity index (χ4v) is 3.36. The summed E-state index contributed by atoms with van der Waals surface area (Å²) >= 11 is 5.88. The largest absolute Gasteiger partial charge is 0.371 e. The Morgan fingerprint density at radius 1 is 1.33 bits per heavy atom. The van der Waals surface area contributed by atoms with Crippen LogP contribution in [-0.2, 0) is 20.7 Å². The maximum atomic E-state index is 12.8. The Hall–Kier alpha value is -2.08. The zero-order valence-corrected chi connectivity index (χ0v) is 16.6. The normalized spacial score (nSPS) is 19.6. The molecule has 0 aliphatic carbocycles. The molecule has 7 nitrogen and oxygen atoms in total. The summed E-state index contributed by atoms with van der Waals surface area (Å²) < 4.78 is 5.98. The van der Waals surface area contributed by atoms with Crippen molar-refractivity contribution in [2.24, 2.45) is 5.11 Å². The van der Waals surface area contributed by atoms with Gasteiger partial charge in [0.1, 0.15) is 6.54 Å². The van der Waals surface area contributed by atoms with Crippen molar-refractivity contribution >= 4 is 23.3 Å². The average molecular weight is 393 g/mol. The van der Waals surface area contributed by atoms with Gasteiger partial charge in [-0.25, -0.2) is 0 Å². The Morgan fingerprint density at radius 2 is 2.00 bits per heavy atom. The van der Waals surface area contributed by atoms with E-state index in [4.69, 9.17) is 21.9 Å². The van der Waals surface area contributed by atoms with Gasteiger partial charge in [-0.1, -0.05) is 28.8 Å². The van der Waals surface area contributed by atoms with Crippen molar-refractivity contribution in [1.82, 2.24) is 4.90 Å². The summed E-state index contributed by atoms with van der Waals surface area (Å²) in [6.45, 7) is 5.85. The van der Waals surface area contributed by atoms with Crippen molar-refractivity contribution in [3.63, 3.8) is 0 Å². The molecule has 0 N–H and O–H groups in total. The second-order valence-electron chi connectivity index (χ2n) is 7.63. The highest BCUT2D eigenvalue weighted by molar-refractivity contribution is 6.30. The van der Waals surface area contributed by atoms with E-state index in [1.165, 1.54) is 4.90 Å². The van der Waals surface area contributed by atoms with Gasteiger partial charge >= 0.3 is 0 Å². The van der Waals surface area contributed by atoms with Gasteiger partial charge in [0.2, 0.25) is 5.91 Å². The molecule has 1 aromatic carbocycles. The van der Waals surface area contributed by atoms with Crippen LogP contribution in [0.1, 0.15) is 39.2 Å². The summed E-state index contributed by atoms with van der Waals surface area (Å²) in [5.74, 6) is -0.364. The van der Waals surface area contributed by atoms with E-state index >= 15 is 0 Å². The lowest BCUT2D eigenvalue weighted by Crippen LogP contribution is -2.42. The molecule has 146 valence electrons. The molecule has 0 spiro atoms. The SMILES string of the molecule is CC(C)(C)O[C@@H]1C[C@@H](C(=O)CCc2ccc(Cl)cc2)N(C(=O)CN=[N+]=[N-])C1. The first-order valence-electron chi connectivity index (χ1n) is 8.95. The van der Waals surface area contributed by atoms with Crippen LogP contribution in [-0.4, -0.2) is 47.4 Å². The number of aryl methyl sites for hydroxylation is 1. The fourth-order valence-electron chi connectivity index (χ4n) is 3.23. The van der Waals surface area contributed by atoms with Gasteiger partial charge in [-0.05, 0) is 50.4 Å². The summed E-state index contributed by atoms with van der Waals surface area (Å²) in [7, 11) is 0. The molecular weight excluding hydrogens is 368 g/mol. The predicted molar refractivity (Wildman–Crippen MR) is 104 cm³/mol. The zero-order valence-electron chi connectivity index (χ0n) is 15.9. The Bertz CT molecular complexity index is 723. The van der Waals surface area contributed by atoms with E-state index in [1.54, 1.807) is 12.1 Å². The standard InChI is InChI=1S/C19H25ClN4O3/c1-19(2,3)27-15-10-16(24(12-15)18(26)11-22-23-21)17(25)9-6-13-4-7-14(20)8-5-13/h4-5,7-8,15-16H,6,9-12H2,1-3H3/t15-,16+/m1/s1. The Labute approximate surface area is 164 Å². The minimum atomic E-state index is -0.550. The number of carbonyl (C=O) groups excluding carboxylic acids is 2. The number of carbonyl (C=O) groups is 2. The molecule has 1 aromatic rings. The summed E-state index contributed by atoms with van der Waals surface area (Å²) in [6, 6.07) is 6.81. The van der Waals surface area contributed by atoms with E-state index in [0.29, 0.717) is 30.8 Å². The van der Waals surface area contributed by atoms with Gasteiger partial charge in [0.15, 0.2) is 5.78 Å². The van der Waals surface area contributed by atoms with E-state index in [0.717, 1.165) is 5.56 Å². The number of ketones is 1. The minimum absolute atomic E-state index is 0.0146. The molecule has 1 amide bonds. The number of nitrogens with zero attached hydrogens (tertiary/aromatic N) is 4. The maximum absolute atomic E-state index is 12.8. The number of ether oxygens (including phenoxy) is 1. The molecule has 1 aliphatic rings. The maximum Gasteiger partial charge on any atom is 0.229 e. The van der Waals surface area contributed by atoms with Gasteiger partial charge in [0.05, 0.1) is 17.7 Å². The third-order valence-corrected chi connectivity index (χ3v) is 4.57. The minimum Gasteiger partial charge on any atom is -0.371 e. The third-order valence-electron chi connectivity index (χ3n) is 4.32. The first kappa shape index (κ1) is 21.2. The van der Waals surface area contributed by atoms with Gasteiger partial charge in [-0.3, -0.25) is 9.59 Å². The summed E-state index contributed by atoms with van der Waals surface area (Å²) in [6.07, 6.45) is 1.14. The van der Waals surface area contributed by atoms with Crippen molar-refractivity contribution in [3.8, 4) is 0 Å². The molecule has 27 heavy (non-hydrogen) atoms. The number of azide groups is 1. The smallest absolute Gasteiger partial charge is 0.229 e. The van der Waals surface area contributed by atoms with Crippen molar-refractivity contribution in [2.75, 3.05) is 13.1 Å². The van der Waals surface area contributed by atoms with Crippen molar-refractivity contribution in [1.29, 1.82) is 0 Å². The van der Waals surface area contributed by atoms with Crippen LogP contribution < -0.4 is 0 Å². The van der Waals surface area contributed by atoms with Gasteiger partial charge in [-0.15, -0.1) is 0 Å². The highest BCUT2D eigenvalue weighted by Crippen LogP contribution is 2.26. The van der Waals surface area contributed by atoms with Gasteiger partial charge in [0, 0.05) is 29.3 Å². The van der Waals surface area contributed by atoms with Gasteiger partial charge < -0.3 is 9.64 Å². The summed E-state index contributed by atoms with van der Waals surface area (Å²) in [4.78, 5) is 29.3. The topological polar surface area (TPSA) is 95.4 Å². The quantitative estimate of drug-likeness (QED) is 0.399. The van der Waals surface area contributed by atoms with Gasteiger partial charge in [-0.2, -0.15) is 0 Å². The number of benzene rings is 1. The second kappa shape index (κ2) is 9.22. The molecule has 0 aromatic heterocycles. The van der Waals surface area contributed by atoms with Crippen molar-refractivity contribution in [3.05, 3.63) is 45.3 Å². The van der Waals surface area contributed by atoms with Crippen LogP contribution in [0.2, 0.25) is 5.02 Å². The zero-order chi connectivity index (χ0) is 20.0. The van der Waals surface area contributed by atoms with Crippen molar-refractivity contribution < 1.29 is 14.3 Å². The molecule has 8 heteroatoms. The fraction of sp³-hybridized carbons (Fsp3) is 0.579. The molecular formula is C19H25ClN4O3. The van der Waals surface area contributed by atoms with Crippen LogP contribution in [0.4, 0.5) is 0 Å². The third kappa shape index (κ3) is 6.54. The molecule has 0 saturated carbocycles. The number of hydrogen-bond acceptors (Lipinski definition) is 4. The van der Waals surface area contributed by atoms with Crippen LogP contribution in [0.15, 0.2) is 29.4 Å². The predicted octanol–water partition coefficient (Wildman–Crippen LogP) is 3.94. The molecule has 1 saturated heterocycles. The van der Waals surface area contributed by atoms with Crippen LogP contribution in [0.5, 0.6) is 0 Å². The lowest BCUT2D eigenvalue weighted by molar-refractivity contribution is -0.136. The van der Waals surface area contributed by atoms with E-state index in [9.17, 15) is 9.59 Å². The first-order valence-corrected chi connectivity index (χ1v) is 9.32. The number of Topliss-reactive ketones (excluding diaryl/α,β-unsaturated/α-hetero) is 1. The monoisotopic (exact) mass is 392 g/mol. The second-order valence-corrected chi connectivity index (χ2v) is 8.07. The van der Waals surface area contributed by atoms with Crippen LogP contribution in [0.3, 0.4) is 0 Å². The number of hydrogen-bond donors (Lipinski definition) is 0. The lowest BCUT2D eigenvalue weighted by Gasteiger charge is -2.25. The molecule has 0 unspecified atom stereocenters. The van der Waals surface area contributed by atoms with Gasteiger partial charge in [0.25, 0.3) is 0 Å². The molecule has 1 aliphatic heterocycles. The van der Waals surface area contributed by atoms with E-state index in [2.05, 4.69) is 10.0 Å². The Balaban J connectivity index is 2.05. The van der Waals surface area contributed by atoms with Crippen LogP contribution >= 0.6 is 11.6 Å². The highest BCUT2D eigenvalue weighted by atomic mass is 35.5. The number of likely N-dealkylation sites (tertiary alicyclic amines) is 1. The Morgan fingerprint density at radius 3 is 2.59 bits per heavy atom. The lowest BCUT2D eigenvalue weighted by atomic mass is 10.0. The summed E-state index contributed by atoms with van der Waals surface area (Å²) in [5, 5.41) is 3.99. The van der Waals surface area contributed by atoms with Crippen LogP contribution in [0, 0.1) is 0 Å². The Kier molecular flexibility index (Phi) is 7.25. The van der Waals surface area contributed by atoms with Crippen LogP contribution in [0.25, 0.3) is 10.4 Å². The van der Waals surface area contributed by atoms with E-state index in [1.807, 2.05) is 32.9 Å².